The number of nitrogens with one attached hydrogen (secondary N) is 11. The zero-order valence-electron chi connectivity index (χ0n) is 52.0. The van der Waals surface area contributed by atoms with E-state index in [2.05, 4.69) is 72.3 Å². The van der Waals surface area contributed by atoms with Gasteiger partial charge in [0.1, 0.15) is 60.4 Å². The molecule has 1 aromatic rings. The minimum atomic E-state index is -1.70. The molecule has 2 rings (SSSR count). The second-order valence-corrected chi connectivity index (χ2v) is 22.4. The molecule has 1 aromatic carbocycles. The van der Waals surface area contributed by atoms with Crippen molar-refractivity contribution in [2.75, 3.05) is 39.3 Å². The summed E-state index contributed by atoms with van der Waals surface area (Å²) in [7, 11) is 0. The number of aliphatic hydroxyl groups excluding tert-OH is 2. The summed E-state index contributed by atoms with van der Waals surface area (Å²) < 4.78 is 0. The fourth-order valence-corrected chi connectivity index (χ4v) is 9.72. The fraction of sp³-hybridized carbons (Fsp3) is 0.712. The molecular formula is C59H104N16O13. The number of unbranched alkanes of at least 4 members (excludes halogenated alkanes) is 9. The second-order valence-electron chi connectivity index (χ2n) is 22.4. The molecule has 12 atom stereocenters. The SMILES string of the molecule is CCCCCCCCC1NC(=O)[C@@H](Cc2ccccc2)NC(=O)[C@H](CCN)NC(=O)[C@@H](NC(=O)[C@H](CCN)NC(=O)[C@@H](NC(=O)[C@H](CCN)NC(=O)CCCCCCC)[C@@H](C)O)CCNC(=O)[C@H]([C@@H](C)O)NC(=O)[C@H](CCN)NC(=O)[C@H](CCN)NC1=O. The Morgan fingerprint density at radius 3 is 1.47 bits per heavy atom. The highest BCUT2D eigenvalue weighted by molar-refractivity contribution is 5.99. The van der Waals surface area contributed by atoms with Gasteiger partial charge in [-0.05, 0) is 104 Å². The van der Waals surface area contributed by atoms with Crippen molar-refractivity contribution in [1.82, 2.24) is 58.5 Å². The maximum Gasteiger partial charge on any atom is 0.245 e. The van der Waals surface area contributed by atoms with Crippen LogP contribution in [0.4, 0.5) is 0 Å². The summed E-state index contributed by atoms with van der Waals surface area (Å²) in [6, 6.07) is -6.10. The van der Waals surface area contributed by atoms with Crippen LogP contribution in [0.5, 0.6) is 0 Å². The van der Waals surface area contributed by atoms with Crippen LogP contribution < -0.4 is 87.2 Å². The van der Waals surface area contributed by atoms with Gasteiger partial charge in [-0.2, -0.15) is 0 Å². The van der Waals surface area contributed by atoms with Gasteiger partial charge in [0, 0.05) is 19.4 Å². The van der Waals surface area contributed by atoms with Crippen LogP contribution in [0.25, 0.3) is 0 Å². The maximum atomic E-state index is 14.6. The van der Waals surface area contributed by atoms with E-state index >= 15 is 0 Å². The van der Waals surface area contributed by atoms with Crippen LogP contribution in [-0.2, 0) is 59.2 Å². The molecule has 29 nitrogen and oxygen atoms in total. The molecule has 1 aliphatic rings. The molecule has 1 unspecified atom stereocenters. The van der Waals surface area contributed by atoms with Crippen LogP contribution in [0.3, 0.4) is 0 Å². The van der Waals surface area contributed by atoms with Crippen LogP contribution >= 0.6 is 0 Å². The smallest absolute Gasteiger partial charge is 0.245 e. The number of hydrogen-bond acceptors (Lipinski definition) is 18. The standard InChI is InChI=1S/C59H104N16O13/c1-5-7-9-11-13-17-21-39-50(79)68-41(24-30-61)51(80)70-44(27-33-64)56(85)74-48(36(3)76)58(87)65-34-28-45(54(83)69-42(25-31-62)53(82)73-46(57(86)67-39)35-38-19-15-14-16-20-38)71-52(81)43(26-32-63)72-59(88)49(37(4)77)75-55(84)40(23-29-60)66-47(78)22-18-12-10-8-6-2/h14-16,19-20,36-37,39-46,48-49,76-77H,5-13,17-18,21-35,60-64H2,1-4H3,(H,65,87)(H,66,78)(H,67,86)(H,68,79)(H,69,83)(H,70,80)(H,71,81)(H,72,88)(H,73,82)(H,74,85)(H,75,84)/t36-,37-,39?,40+,41+,42+,43+,44+,45+,46-,48+,49+/m1/s1. The van der Waals surface area contributed by atoms with Gasteiger partial charge >= 0.3 is 0 Å². The first-order chi connectivity index (χ1) is 42.1. The minimum absolute atomic E-state index is 0.0134. The second kappa shape index (κ2) is 43.7. The third kappa shape index (κ3) is 29.0. The van der Waals surface area contributed by atoms with E-state index in [0.717, 1.165) is 51.4 Å². The number of amides is 11. The number of aliphatic hydroxyl groups is 2. The van der Waals surface area contributed by atoms with Crippen molar-refractivity contribution >= 4 is 65.0 Å². The Bertz CT molecular complexity index is 2340. The molecule has 88 heavy (non-hydrogen) atoms. The molecule has 0 spiro atoms. The molecule has 1 fully saturated rings. The summed E-state index contributed by atoms with van der Waals surface area (Å²) in [6.45, 7) is 5.41. The lowest BCUT2D eigenvalue weighted by atomic mass is 10.0. The highest BCUT2D eigenvalue weighted by atomic mass is 16.3. The number of nitrogens with two attached hydrogens (primary N) is 5. The van der Waals surface area contributed by atoms with Crippen molar-refractivity contribution in [2.45, 2.75) is 229 Å². The molecule has 23 N–H and O–H groups in total. The van der Waals surface area contributed by atoms with Crippen molar-refractivity contribution in [3.63, 3.8) is 0 Å². The number of carbonyl (C=O) groups is 11. The zero-order chi connectivity index (χ0) is 65.6. The van der Waals surface area contributed by atoms with Crippen molar-refractivity contribution in [3.8, 4) is 0 Å². The lowest BCUT2D eigenvalue weighted by Crippen LogP contribution is -2.62. The van der Waals surface area contributed by atoms with E-state index in [1.807, 2.05) is 0 Å². The third-order valence-electron chi connectivity index (χ3n) is 14.9. The largest absolute Gasteiger partial charge is 0.391 e. The topological polar surface area (TPSA) is 491 Å². The molecule has 11 amide bonds. The first-order valence-corrected chi connectivity index (χ1v) is 31.3. The average Bonchev–Trinajstić information content (AvgIpc) is 3.68. The van der Waals surface area contributed by atoms with E-state index in [1.165, 1.54) is 13.8 Å². The predicted octanol–water partition coefficient (Wildman–Crippen LogP) is -3.79. The summed E-state index contributed by atoms with van der Waals surface area (Å²) in [5.41, 5.74) is 30.1. The average molecular weight is 1250 g/mol. The molecule has 0 saturated carbocycles. The van der Waals surface area contributed by atoms with Gasteiger partial charge in [-0.15, -0.1) is 0 Å². The van der Waals surface area contributed by atoms with Gasteiger partial charge in [0.15, 0.2) is 0 Å². The van der Waals surface area contributed by atoms with Gasteiger partial charge in [-0.25, -0.2) is 0 Å². The normalized spacial score (nSPS) is 22.1. The number of rotatable bonds is 34. The predicted molar refractivity (Wildman–Crippen MR) is 330 cm³/mol. The summed E-state index contributed by atoms with van der Waals surface area (Å²) in [5, 5.41) is 50.0. The van der Waals surface area contributed by atoms with Crippen molar-refractivity contribution < 1.29 is 63.0 Å². The molecule has 0 bridgehead atoms. The summed E-state index contributed by atoms with van der Waals surface area (Å²) in [4.78, 5) is 155. The maximum absolute atomic E-state index is 14.6. The van der Waals surface area contributed by atoms with Gasteiger partial charge in [0.05, 0.1) is 12.2 Å². The van der Waals surface area contributed by atoms with Gasteiger partial charge in [-0.3, -0.25) is 52.7 Å². The van der Waals surface area contributed by atoms with Crippen LogP contribution in [-0.4, -0.2) is 187 Å². The van der Waals surface area contributed by atoms with Gasteiger partial charge in [0.25, 0.3) is 0 Å². The molecule has 1 saturated heterocycles. The Labute approximate surface area is 517 Å². The van der Waals surface area contributed by atoms with Gasteiger partial charge < -0.3 is 97.4 Å². The van der Waals surface area contributed by atoms with Gasteiger partial charge in [-0.1, -0.05) is 108 Å². The quantitative estimate of drug-likeness (QED) is 0.0294. The monoisotopic (exact) mass is 1240 g/mol. The summed E-state index contributed by atoms with van der Waals surface area (Å²) in [6.07, 6.45) is 5.08. The Morgan fingerprint density at radius 2 is 0.966 bits per heavy atom. The third-order valence-corrected chi connectivity index (χ3v) is 14.9. The van der Waals surface area contributed by atoms with Crippen molar-refractivity contribution in [1.29, 1.82) is 0 Å². The van der Waals surface area contributed by atoms with Crippen molar-refractivity contribution in [2.24, 2.45) is 28.7 Å². The van der Waals surface area contributed by atoms with E-state index in [1.54, 1.807) is 30.3 Å². The fourth-order valence-electron chi connectivity index (χ4n) is 9.72. The minimum Gasteiger partial charge on any atom is -0.391 e. The van der Waals surface area contributed by atoms with E-state index in [-0.39, 0.29) is 84.1 Å². The molecule has 498 valence electrons. The molecule has 0 radical (unpaired) electrons. The number of carbonyl (C=O) groups excluding carboxylic acids is 11. The first-order valence-electron chi connectivity index (χ1n) is 31.3. The Balaban J connectivity index is 2.71. The van der Waals surface area contributed by atoms with Gasteiger partial charge in [0.2, 0.25) is 65.0 Å². The molecule has 0 aromatic heterocycles. The Hall–Kier alpha value is -6.89. The lowest BCUT2D eigenvalue weighted by molar-refractivity contribution is -0.137. The molecule has 29 heteroatoms. The zero-order valence-corrected chi connectivity index (χ0v) is 52.0. The van der Waals surface area contributed by atoms with E-state index in [0.29, 0.717) is 24.8 Å². The highest BCUT2D eigenvalue weighted by Gasteiger charge is 2.37. The first kappa shape index (κ1) is 77.2. The molecule has 1 heterocycles. The molecular weight excluding hydrogens is 1140 g/mol. The highest BCUT2D eigenvalue weighted by Crippen LogP contribution is 2.13. The number of benzene rings is 1. The van der Waals surface area contributed by atoms with Crippen LogP contribution in [0.1, 0.15) is 155 Å². The van der Waals surface area contributed by atoms with Crippen LogP contribution in [0.2, 0.25) is 0 Å². The lowest BCUT2D eigenvalue weighted by Gasteiger charge is -2.28. The molecule has 1 aliphatic heterocycles. The Kier molecular flexibility index (Phi) is 38.3. The summed E-state index contributed by atoms with van der Waals surface area (Å²) in [5.74, 6) is -9.61. The van der Waals surface area contributed by atoms with E-state index < -0.39 is 151 Å². The van der Waals surface area contributed by atoms with Crippen molar-refractivity contribution in [3.05, 3.63) is 35.9 Å². The van der Waals surface area contributed by atoms with E-state index in [9.17, 15) is 63.0 Å². The van der Waals surface area contributed by atoms with Crippen LogP contribution in [0.15, 0.2) is 30.3 Å². The van der Waals surface area contributed by atoms with E-state index in [4.69, 9.17) is 28.7 Å². The molecule has 0 aliphatic carbocycles. The Morgan fingerprint density at radius 1 is 0.511 bits per heavy atom. The summed E-state index contributed by atoms with van der Waals surface area (Å²) >= 11 is 0. The number of hydrogen-bond donors (Lipinski definition) is 18. The van der Waals surface area contributed by atoms with Crippen LogP contribution in [0, 0.1) is 0 Å².